The van der Waals surface area contributed by atoms with Gasteiger partial charge in [-0.15, -0.1) is 0 Å². The van der Waals surface area contributed by atoms with E-state index in [4.69, 9.17) is 5.73 Å². The van der Waals surface area contributed by atoms with Crippen molar-refractivity contribution in [3.05, 3.63) is 28.2 Å². The second-order valence-corrected chi connectivity index (χ2v) is 6.93. The number of benzene rings is 1. The zero-order valence-electron chi connectivity index (χ0n) is 11.4. The maximum absolute atomic E-state index is 5.93. The highest BCUT2D eigenvalue weighted by molar-refractivity contribution is 9.10. The van der Waals surface area contributed by atoms with Gasteiger partial charge in [0.25, 0.3) is 0 Å². The molecule has 0 spiro atoms. The molecule has 1 aromatic rings. The Morgan fingerprint density at radius 2 is 1.95 bits per heavy atom. The molecule has 1 aliphatic heterocycles. The van der Waals surface area contributed by atoms with Gasteiger partial charge in [-0.3, -0.25) is 4.90 Å². The SMILES string of the molecule is Nc1ccc(Br)c(CN2CCC[C@H]3CCCC[C@H]32)c1. The van der Waals surface area contributed by atoms with Crippen molar-refractivity contribution in [1.29, 1.82) is 0 Å². The number of likely N-dealkylation sites (tertiary alicyclic amines) is 1. The third-order valence-corrected chi connectivity index (χ3v) is 5.58. The van der Waals surface area contributed by atoms with E-state index >= 15 is 0 Å². The van der Waals surface area contributed by atoms with Gasteiger partial charge in [-0.2, -0.15) is 0 Å². The molecule has 2 nitrogen and oxygen atoms in total. The van der Waals surface area contributed by atoms with Crippen LogP contribution >= 0.6 is 15.9 Å². The van der Waals surface area contributed by atoms with E-state index in [1.807, 2.05) is 6.07 Å². The van der Waals surface area contributed by atoms with Crippen molar-refractivity contribution in [1.82, 2.24) is 4.90 Å². The van der Waals surface area contributed by atoms with Gasteiger partial charge in [0.1, 0.15) is 0 Å². The number of hydrogen-bond donors (Lipinski definition) is 1. The molecule has 104 valence electrons. The van der Waals surface area contributed by atoms with Gasteiger partial charge >= 0.3 is 0 Å². The Morgan fingerprint density at radius 3 is 2.84 bits per heavy atom. The molecule has 1 saturated carbocycles. The molecule has 1 aromatic carbocycles. The third-order valence-electron chi connectivity index (χ3n) is 4.80. The molecule has 0 unspecified atom stereocenters. The number of halogens is 1. The van der Waals surface area contributed by atoms with Gasteiger partial charge in [0.05, 0.1) is 0 Å². The highest BCUT2D eigenvalue weighted by Gasteiger charge is 2.33. The molecule has 0 bridgehead atoms. The molecule has 2 N–H and O–H groups in total. The molecule has 19 heavy (non-hydrogen) atoms. The van der Waals surface area contributed by atoms with Gasteiger partial charge in [-0.1, -0.05) is 28.8 Å². The summed E-state index contributed by atoms with van der Waals surface area (Å²) < 4.78 is 1.19. The van der Waals surface area contributed by atoms with Crippen molar-refractivity contribution >= 4 is 21.6 Å². The van der Waals surface area contributed by atoms with E-state index in [2.05, 4.69) is 33.0 Å². The van der Waals surface area contributed by atoms with Crippen LogP contribution in [0.25, 0.3) is 0 Å². The molecular formula is C16H23BrN2. The summed E-state index contributed by atoms with van der Waals surface area (Å²) in [5, 5.41) is 0. The van der Waals surface area contributed by atoms with Crippen LogP contribution in [0.2, 0.25) is 0 Å². The first kappa shape index (κ1) is 13.4. The Morgan fingerprint density at radius 1 is 1.16 bits per heavy atom. The van der Waals surface area contributed by atoms with Gasteiger partial charge in [-0.05, 0) is 61.9 Å². The number of fused-ring (bicyclic) bond motifs is 1. The van der Waals surface area contributed by atoms with Gasteiger partial charge in [0.2, 0.25) is 0 Å². The Kier molecular flexibility index (Phi) is 4.13. The Bertz CT molecular complexity index is 444. The van der Waals surface area contributed by atoms with Crippen LogP contribution in [0.3, 0.4) is 0 Å². The van der Waals surface area contributed by atoms with Crippen LogP contribution in [0.1, 0.15) is 44.1 Å². The van der Waals surface area contributed by atoms with E-state index in [0.717, 1.165) is 24.2 Å². The Balaban J connectivity index is 1.75. The molecule has 0 amide bonds. The van der Waals surface area contributed by atoms with Crippen molar-refractivity contribution < 1.29 is 0 Å². The van der Waals surface area contributed by atoms with E-state index < -0.39 is 0 Å². The maximum atomic E-state index is 5.93. The summed E-state index contributed by atoms with van der Waals surface area (Å²) >= 11 is 3.66. The number of hydrogen-bond acceptors (Lipinski definition) is 2. The highest BCUT2D eigenvalue weighted by atomic mass is 79.9. The summed E-state index contributed by atoms with van der Waals surface area (Å²) in [5.41, 5.74) is 8.13. The zero-order valence-corrected chi connectivity index (χ0v) is 13.0. The molecule has 0 radical (unpaired) electrons. The number of nitrogens with two attached hydrogens (primary N) is 1. The molecule has 0 aromatic heterocycles. The van der Waals surface area contributed by atoms with Crippen LogP contribution < -0.4 is 5.73 Å². The van der Waals surface area contributed by atoms with E-state index in [0.29, 0.717) is 0 Å². The number of anilines is 1. The number of piperidine rings is 1. The summed E-state index contributed by atoms with van der Waals surface area (Å²) in [5.74, 6) is 0.947. The Hall–Kier alpha value is -0.540. The summed E-state index contributed by atoms with van der Waals surface area (Å²) in [6.45, 7) is 2.30. The minimum absolute atomic E-state index is 0.816. The fourth-order valence-corrected chi connectivity index (χ4v) is 4.23. The van der Waals surface area contributed by atoms with E-state index in [9.17, 15) is 0 Å². The first-order valence-electron chi connectivity index (χ1n) is 7.52. The lowest BCUT2D eigenvalue weighted by Crippen LogP contribution is -2.46. The lowest BCUT2D eigenvalue weighted by molar-refractivity contribution is 0.0545. The molecule has 3 heteroatoms. The molecule has 3 rings (SSSR count). The van der Waals surface area contributed by atoms with Crippen LogP contribution in [0, 0.1) is 5.92 Å². The molecule has 2 atom stereocenters. The molecule has 1 heterocycles. The summed E-state index contributed by atoms with van der Waals surface area (Å²) in [6.07, 6.45) is 8.50. The maximum Gasteiger partial charge on any atom is 0.0318 e. The first-order valence-corrected chi connectivity index (χ1v) is 8.31. The second kappa shape index (κ2) is 5.84. The van der Waals surface area contributed by atoms with Crippen molar-refractivity contribution in [2.75, 3.05) is 12.3 Å². The second-order valence-electron chi connectivity index (χ2n) is 6.08. The highest BCUT2D eigenvalue weighted by Crippen LogP contribution is 2.36. The van der Waals surface area contributed by atoms with Crippen LogP contribution in [-0.4, -0.2) is 17.5 Å². The molecule has 1 aliphatic carbocycles. The van der Waals surface area contributed by atoms with Crippen molar-refractivity contribution in [2.45, 2.75) is 51.1 Å². The summed E-state index contributed by atoms with van der Waals surface area (Å²) in [7, 11) is 0. The number of rotatable bonds is 2. The number of nitrogens with zero attached hydrogens (tertiary/aromatic N) is 1. The minimum atomic E-state index is 0.816. The van der Waals surface area contributed by atoms with Gasteiger partial charge in [-0.25, -0.2) is 0 Å². The minimum Gasteiger partial charge on any atom is -0.399 e. The van der Waals surface area contributed by atoms with Crippen molar-refractivity contribution in [3.63, 3.8) is 0 Å². The van der Waals surface area contributed by atoms with E-state index in [1.165, 1.54) is 55.1 Å². The fourth-order valence-electron chi connectivity index (χ4n) is 3.86. The monoisotopic (exact) mass is 322 g/mol. The summed E-state index contributed by atoms with van der Waals surface area (Å²) in [6, 6.07) is 6.98. The topological polar surface area (TPSA) is 29.3 Å². The predicted molar refractivity (Wildman–Crippen MR) is 83.9 cm³/mol. The van der Waals surface area contributed by atoms with Crippen LogP contribution in [0.15, 0.2) is 22.7 Å². The van der Waals surface area contributed by atoms with Crippen LogP contribution in [-0.2, 0) is 6.54 Å². The first-order chi connectivity index (χ1) is 9.24. The predicted octanol–water partition coefficient (Wildman–Crippen LogP) is 4.19. The zero-order chi connectivity index (χ0) is 13.2. The van der Waals surface area contributed by atoms with Gasteiger partial charge in [0.15, 0.2) is 0 Å². The number of nitrogen functional groups attached to an aromatic ring is 1. The Labute approximate surface area is 124 Å². The summed E-state index contributed by atoms with van der Waals surface area (Å²) in [4.78, 5) is 2.70. The normalized spacial score (nSPS) is 28.1. The van der Waals surface area contributed by atoms with Crippen LogP contribution in [0.5, 0.6) is 0 Å². The molecule has 2 fully saturated rings. The average molecular weight is 323 g/mol. The molecular weight excluding hydrogens is 300 g/mol. The van der Waals surface area contributed by atoms with Gasteiger partial charge < -0.3 is 5.73 Å². The lowest BCUT2D eigenvalue weighted by atomic mass is 9.78. The molecule has 2 aliphatic rings. The van der Waals surface area contributed by atoms with E-state index in [1.54, 1.807) is 0 Å². The largest absolute Gasteiger partial charge is 0.399 e. The van der Waals surface area contributed by atoms with E-state index in [-0.39, 0.29) is 0 Å². The van der Waals surface area contributed by atoms with Gasteiger partial charge in [0, 0.05) is 22.7 Å². The van der Waals surface area contributed by atoms with Crippen molar-refractivity contribution in [2.24, 2.45) is 5.92 Å². The smallest absolute Gasteiger partial charge is 0.0318 e. The quantitative estimate of drug-likeness (QED) is 0.827. The standard InChI is InChI=1S/C16H23BrN2/c17-15-8-7-14(18)10-13(15)11-19-9-3-5-12-4-1-2-6-16(12)19/h7-8,10,12,16H,1-6,9,11,18H2/t12-,16-/m1/s1. The fraction of sp³-hybridized carbons (Fsp3) is 0.625. The third kappa shape index (κ3) is 2.97. The van der Waals surface area contributed by atoms with Crippen LogP contribution in [0.4, 0.5) is 5.69 Å². The molecule has 1 saturated heterocycles. The van der Waals surface area contributed by atoms with Crippen molar-refractivity contribution in [3.8, 4) is 0 Å². The average Bonchev–Trinajstić information content (AvgIpc) is 2.43. The lowest BCUT2D eigenvalue weighted by Gasteiger charge is -2.44.